The molecule has 1 aromatic rings. The quantitative estimate of drug-likeness (QED) is 0.642. The average Bonchev–Trinajstić information content (AvgIpc) is 2.31. The highest BCUT2D eigenvalue weighted by Gasteiger charge is 1.95. The maximum absolute atomic E-state index is 3.20. The molecule has 56 valence electrons. The molecule has 1 rings (SSSR count). The second-order valence-corrected chi connectivity index (χ2v) is 2.49. The molecular formula is C8H14N2. The van der Waals surface area contributed by atoms with Crippen LogP contribution in [0.1, 0.15) is 11.3 Å². The van der Waals surface area contributed by atoms with Crippen molar-refractivity contribution in [1.82, 2.24) is 10.3 Å². The monoisotopic (exact) mass is 138 g/mol. The first kappa shape index (κ1) is 7.35. The van der Waals surface area contributed by atoms with Crippen LogP contribution in [0.15, 0.2) is 12.3 Å². The lowest BCUT2D eigenvalue weighted by atomic mass is 10.2. The molecule has 0 unspecified atom stereocenters. The number of nitrogens with one attached hydrogen (secondary N) is 2. The molecule has 0 spiro atoms. The van der Waals surface area contributed by atoms with E-state index in [4.69, 9.17) is 0 Å². The Morgan fingerprint density at radius 1 is 1.60 bits per heavy atom. The molecule has 0 atom stereocenters. The van der Waals surface area contributed by atoms with Crippen molar-refractivity contribution in [3.8, 4) is 0 Å². The van der Waals surface area contributed by atoms with Crippen molar-refractivity contribution in [3.05, 3.63) is 23.5 Å². The van der Waals surface area contributed by atoms with E-state index >= 15 is 0 Å². The summed E-state index contributed by atoms with van der Waals surface area (Å²) in [5.41, 5.74) is 2.70. The first-order valence-corrected chi connectivity index (χ1v) is 3.62. The van der Waals surface area contributed by atoms with Crippen LogP contribution in [-0.4, -0.2) is 18.6 Å². The second kappa shape index (κ2) is 3.42. The molecule has 0 aliphatic carbocycles. The van der Waals surface area contributed by atoms with Crippen molar-refractivity contribution >= 4 is 0 Å². The lowest BCUT2D eigenvalue weighted by Crippen LogP contribution is -2.10. The van der Waals surface area contributed by atoms with E-state index in [0.29, 0.717) is 0 Å². The molecule has 0 saturated carbocycles. The number of hydrogen-bond acceptors (Lipinski definition) is 1. The number of likely N-dealkylation sites (N-methyl/N-ethyl adjacent to an activating group) is 1. The molecule has 0 amide bonds. The molecule has 0 radical (unpaired) electrons. The first-order chi connectivity index (χ1) is 4.84. The molecule has 0 aliphatic rings. The van der Waals surface area contributed by atoms with E-state index in [9.17, 15) is 0 Å². The summed E-state index contributed by atoms with van der Waals surface area (Å²) in [6.45, 7) is 3.17. The van der Waals surface area contributed by atoms with Crippen molar-refractivity contribution in [1.29, 1.82) is 0 Å². The zero-order valence-electron chi connectivity index (χ0n) is 6.57. The molecule has 0 bridgehead atoms. The number of aromatic nitrogens is 1. The largest absolute Gasteiger partial charge is 0.365 e. The fourth-order valence-corrected chi connectivity index (χ4v) is 1.00. The molecule has 1 heterocycles. The molecule has 2 nitrogen and oxygen atoms in total. The van der Waals surface area contributed by atoms with Gasteiger partial charge in [-0.1, -0.05) is 0 Å². The molecule has 0 aromatic carbocycles. The Bertz CT molecular complexity index is 191. The Hall–Kier alpha value is -0.760. The SMILES string of the molecule is CNCCc1[nH]ccc1C. The van der Waals surface area contributed by atoms with Gasteiger partial charge in [-0.3, -0.25) is 0 Å². The zero-order chi connectivity index (χ0) is 7.40. The minimum atomic E-state index is 1.04. The number of aromatic amines is 1. The van der Waals surface area contributed by atoms with Crippen LogP contribution in [0.4, 0.5) is 0 Å². The fourth-order valence-electron chi connectivity index (χ4n) is 1.00. The van der Waals surface area contributed by atoms with Gasteiger partial charge in [0.15, 0.2) is 0 Å². The molecule has 0 aliphatic heterocycles. The number of aryl methyl sites for hydroxylation is 1. The van der Waals surface area contributed by atoms with Gasteiger partial charge >= 0.3 is 0 Å². The summed E-state index contributed by atoms with van der Waals surface area (Å²) in [6, 6.07) is 2.10. The summed E-state index contributed by atoms with van der Waals surface area (Å²) < 4.78 is 0. The number of H-pyrrole nitrogens is 1. The van der Waals surface area contributed by atoms with Crippen LogP contribution in [0.5, 0.6) is 0 Å². The summed E-state index contributed by atoms with van der Waals surface area (Å²) >= 11 is 0. The Morgan fingerprint density at radius 2 is 2.40 bits per heavy atom. The average molecular weight is 138 g/mol. The normalized spacial score (nSPS) is 10.2. The van der Waals surface area contributed by atoms with E-state index in [0.717, 1.165) is 13.0 Å². The van der Waals surface area contributed by atoms with Crippen LogP contribution in [0, 0.1) is 6.92 Å². The highest BCUT2D eigenvalue weighted by atomic mass is 14.8. The van der Waals surface area contributed by atoms with Gasteiger partial charge in [-0.25, -0.2) is 0 Å². The van der Waals surface area contributed by atoms with Gasteiger partial charge in [0.2, 0.25) is 0 Å². The van der Waals surface area contributed by atoms with Crippen molar-refractivity contribution in [2.75, 3.05) is 13.6 Å². The molecule has 0 saturated heterocycles. The second-order valence-electron chi connectivity index (χ2n) is 2.49. The lowest BCUT2D eigenvalue weighted by Gasteiger charge is -1.97. The predicted molar refractivity (Wildman–Crippen MR) is 43.2 cm³/mol. The van der Waals surface area contributed by atoms with Gasteiger partial charge in [0, 0.05) is 24.9 Å². The third kappa shape index (κ3) is 1.61. The van der Waals surface area contributed by atoms with Crippen LogP contribution in [0.2, 0.25) is 0 Å². The summed E-state index contributed by atoms with van der Waals surface area (Å²) in [5, 5.41) is 3.11. The highest BCUT2D eigenvalue weighted by molar-refractivity contribution is 5.18. The number of rotatable bonds is 3. The van der Waals surface area contributed by atoms with Gasteiger partial charge in [0.05, 0.1) is 0 Å². The van der Waals surface area contributed by atoms with Gasteiger partial charge in [0.25, 0.3) is 0 Å². The van der Waals surface area contributed by atoms with E-state index < -0.39 is 0 Å². The molecule has 2 N–H and O–H groups in total. The molecule has 1 aromatic heterocycles. The molecule has 10 heavy (non-hydrogen) atoms. The Morgan fingerprint density at radius 3 is 2.90 bits per heavy atom. The maximum Gasteiger partial charge on any atom is 0.0189 e. The van der Waals surface area contributed by atoms with E-state index in [1.54, 1.807) is 0 Å². The van der Waals surface area contributed by atoms with Gasteiger partial charge in [-0.15, -0.1) is 0 Å². The van der Waals surface area contributed by atoms with Crippen LogP contribution < -0.4 is 5.32 Å². The van der Waals surface area contributed by atoms with E-state index in [1.165, 1.54) is 11.3 Å². The smallest absolute Gasteiger partial charge is 0.0189 e. The molecule has 0 fully saturated rings. The van der Waals surface area contributed by atoms with Crippen molar-refractivity contribution in [2.45, 2.75) is 13.3 Å². The first-order valence-electron chi connectivity index (χ1n) is 3.62. The van der Waals surface area contributed by atoms with Crippen molar-refractivity contribution < 1.29 is 0 Å². The van der Waals surface area contributed by atoms with Crippen molar-refractivity contribution in [3.63, 3.8) is 0 Å². The summed E-state index contributed by atoms with van der Waals surface area (Å²) in [6.07, 6.45) is 3.08. The standard InChI is InChI=1S/C8H14N2/c1-7-3-6-10-8(7)4-5-9-2/h3,6,9-10H,4-5H2,1-2H3. The van der Waals surface area contributed by atoms with E-state index in [2.05, 4.69) is 23.3 Å². The van der Waals surface area contributed by atoms with E-state index in [1.807, 2.05) is 13.2 Å². The zero-order valence-corrected chi connectivity index (χ0v) is 6.57. The third-order valence-electron chi connectivity index (χ3n) is 1.69. The van der Waals surface area contributed by atoms with Crippen molar-refractivity contribution in [2.24, 2.45) is 0 Å². The summed E-state index contributed by atoms with van der Waals surface area (Å²) in [7, 11) is 1.97. The van der Waals surface area contributed by atoms with Crippen LogP contribution in [-0.2, 0) is 6.42 Å². The van der Waals surface area contributed by atoms with Crippen LogP contribution in [0.25, 0.3) is 0 Å². The highest BCUT2D eigenvalue weighted by Crippen LogP contribution is 2.03. The van der Waals surface area contributed by atoms with Crippen LogP contribution in [0.3, 0.4) is 0 Å². The predicted octanol–water partition coefficient (Wildman–Crippen LogP) is 1.09. The van der Waals surface area contributed by atoms with Gasteiger partial charge < -0.3 is 10.3 Å². The Balaban J connectivity index is 2.49. The van der Waals surface area contributed by atoms with Crippen LogP contribution >= 0.6 is 0 Å². The van der Waals surface area contributed by atoms with Gasteiger partial charge in [-0.2, -0.15) is 0 Å². The Labute approximate surface area is 61.7 Å². The van der Waals surface area contributed by atoms with E-state index in [-0.39, 0.29) is 0 Å². The maximum atomic E-state index is 3.20. The summed E-state index contributed by atoms with van der Waals surface area (Å²) in [4.78, 5) is 3.20. The van der Waals surface area contributed by atoms with Gasteiger partial charge in [-0.05, 0) is 25.6 Å². The van der Waals surface area contributed by atoms with Gasteiger partial charge in [0.1, 0.15) is 0 Å². The summed E-state index contributed by atoms with van der Waals surface area (Å²) in [5.74, 6) is 0. The molecule has 2 heteroatoms. The topological polar surface area (TPSA) is 27.8 Å². The fraction of sp³-hybridized carbons (Fsp3) is 0.500. The molecular weight excluding hydrogens is 124 g/mol. The minimum Gasteiger partial charge on any atom is -0.365 e. The minimum absolute atomic E-state index is 1.04. The third-order valence-corrected chi connectivity index (χ3v) is 1.69. The number of hydrogen-bond donors (Lipinski definition) is 2. The lowest BCUT2D eigenvalue weighted by molar-refractivity contribution is 0.777. The Kier molecular flexibility index (Phi) is 2.51.